The van der Waals surface area contributed by atoms with Crippen molar-refractivity contribution in [2.24, 2.45) is 0 Å². The van der Waals surface area contributed by atoms with Crippen molar-refractivity contribution in [1.82, 2.24) is 0 Å². The Morgan fingerprint density at radius 2 is 1.63 bits per heavy atom. The van der Waals surface area contributed by atoms with Crippen molar-refractivity contribution in [3.05, 3.63) is 68.2 Å². The van der Waals surface area contributed by atoms with Crippen LogP contribution in [0.25, 0.3) is 0 Å². The van der Waals surface area contributed by atoms with Gasteiger partial charge in [-0.25, -0.2) is 0 Å². The summed E-state index contributed by atoms with van der Waals surface area (Å²) in [5.74, 6) is 0. The molecule has 0 fully saturated rings. The fourth-order valence-corrected chi connectivity index (χ4v) is 2.98. The molecule has 0 spiro atoms. The van der Waals surface area contributed by atoms with E-state index < -0.39 is 0 Å². The van der Waals surface area contributed by atoms with Crippen molar-refractivity contribution in [3.63, 3.8) is 0 Å². The summed E-state index contributed by atoms with van der Waals surface area (Å²) in [6.45, 7) is 2.00. The minimum Gasteiger partial charge on any atom is -0.117 e. The monoisotopic (exact) mass is 332 g/mol. The van der Waals surface area contributed by atoms with Gasteiger partial charge >= 0.3 is 0 Å². The number of rotatable bonds is 3. The zero-order valence-corrected chi connectivity index (χ0v) is 13.3. The largest absolute Gasteiger partial charge is 0.117 e. The molecule has 0 aliphatic carbocycles. The van der Waals surface area contributed by atoms with Crippen LogP contribution in [0, 0.1) is 6.92 Å². The van der Waals surface area contributed by atoms with Gasteiger partial charge in [0.2, 0.25) is 0 Å². The summed E-state index contributed by atoms with van der Waals surface area (Å²) >= 11 is 24.5. The molecule has 1 unspecified atom stereocenters. The van der Waals surface area contributed by atoms with Gasteiger partial charge in [0.15, 0.2) is 0 Å². The zero-order valence-electron chi connectivity index (χ0n) is 10.3. The van der Waals surface area contributed by atoms with E-state index in [-0.39, 0.29) is 5.38 Å². The molecule has 1 atom stereocenters. The normalized spacial score (nSPS) is 12.5. The zero-order chi connectivity index (χ0) is 14.0. The van der Waals surface area contributed by atoms with Crippen molar-refractivity contribution >= 4 is 46.4 Å². The summed E-state index contributed by atoms with van der Waals surface area (Å²) in [5.41, 5.74) is 3.08. The van der Waals surface area contributed by atoms with E-state index in [2.05, 4.69) is 0 Å². The van der Waals surface area contributed by atoms with Gasteiger partial charge in [-0.2, -0.15) is 0 Å². The average molecular weight is 334 g/mol. The molecule has 2 aromatic rings. The molecule has 0 heterocycles. The van der Waals surface area contributed by atoms with Crippen molar-refractivity contribution in [3.8, 4) is 0 Å². The van der Waals surface area contributed by atoms with Crippen LogP contribution >= 0.6 is 46.4 Å². The van der Waals surface area contributed by atoms with Crippen LogP contribution in [0.15, 0.2) is 36.4 Å². The number of benzene rings is 2. The Morgan fingerprint density at radius 1 is 0.895 bits per heavy atom. The lowest BCUT2D eigenvalue weighted by Gasteiger charge is -2.13. The van der Waals surface area contributed by atoms with Gasteiger partial charge in [-0.3, -0.25) is 0 Å². The highest BCUT2D eigenvalue weighted by atomic mass is 35.5. The molecule has 0 aliphatic heterocycles. The first kappa shape index (κ1) is 15.0. The molecule has 100 valence electrons. The van der Waals surface area contributed by atoms with Gasteiger partial charge in [-0.15, -0.1) is 11.6 Å². The Kier molecular flexibility index (Phi) is 5.03. The molecule has 0 aromatic heterocycles. The molecule has 0 radical (unpaired) electrons. The molecule has 0 amide bonds. The lowest BCUT2D eigenvalue weighted by atomic mass is 10.0. The van der Waals surface area contributed by atoms with E-state index in [0.717, 1.165) is 16.7 Å². The van der Waals surface area contributed by atoms with Crippen LogP contribution in [0.1, 0.15) is 22.1 Å². The van der Waals surface area contributed by atoms with Crippen molar-refractivity contribution in [2.75, 3.05) is 0 Å². The van der Waals surface area contributed by atoms with Crippen LogP contribution in [0.3, 0.4) is 0 Å². The first-order valence-electron chi connectivity index (χ1n) is 5.81. The third-order valence-electron chi connectivity index (χ3n) is 2.89. The predicted octanol–water partition coefficient (Wildman–Crippen LogP) is 6.48. The maximum Gasteiger partial charge on any atom is 0.0640 e. The van der Waals surface area contributed by atoms with E-state index >= 15 is 0 Å². The van der Waals surface area contributed by atoms with Crippen LogP contribution < -0.4 is 0 Å². The molecule has 2 aromatic carbocycles. The van der Waals surface area contributed by atoms with Crippen LogP contribution in [0.5, 0.6) is 0 Å². The lowest BCUT2D eigenvalue weighted by Crippen LogP contribution is -1.97. The first-order valence-corrected chi connectivity index (χ1v) is 7.38. The maximum atomic E-state index is 6.43. The topological polar surface area (TPSA) is 0 Å². The lowest BCUT2D eigenvalue weighted by molar-refractivity contribution is 0.919. The van der Waals surface area contributed by atoms with Crippen LogP contribution in [0.4, 0.5) is 0 Å². The molecule has 0 saturated carbocycles. The summed E-state index contributed by atoms with van der Waals surface area (Å²) in [6.07, 6.45) is 0.654. The number of halogens is 4. The Morgan fingerprint density at radius 3 is 2.26 bits per heavy atom. The average Bonchev–Trinajstić information content (AvgIpc) is 2.33. The fourth-order valence-electron chi connectivity index (χ4n) is 1.87. The fraction of sp³-hybridized carbons (Fsp3) is 0.200. The molecule has 0 bridgehead atoms. The molecule has 19 heavy (non-hydrogen) atoms. The number of aryl methyl sites for hydroxylation is 1. The highest BCUT2D eigenvalue weighted by molar-refractivity contribution is 6.42. The Bertz CT molecular complexity index is 593. The second-order valence-corrected chi connectivity index (χ2v) is 6.19. The number of hydrogen-bond donors (Lipinski definition) is 0. The molecule has 2 rings (SSSR count). The minimum absolute atomic E-state index is 0.189. The summed E-state index contributed by atoms with van der Waals surface area (Å²) in [5, 5.41) is 1.59. The van der Waals surface area contributed by atoms with Gasteiger partial charge in [0.05, 0.1) is 15.4 Å². The molecule has 0 N–H and O–H groups in total. The third-order valence-corrected chi connectivity index (χ3v) is 4.35. The standard InChI is InChI=1S/C15H12Cl4/c1-9-2-4-11(13(17)6-9)14(18)7-10-3-5-12(16)15(19)8-10/h2-6,8,14H,7H2,1H3. The van der Waals surface area contributed by atoms with Gasteiger partial charge < -0.3 is 0 Å². The van der Waals surface area contributed by atoms with E-state index in [0.29, 0.717) is 21.5 Å². The Labute approximate surface area is 133 Å². The molecular formula is C15H12Cl4. The SMILES string of the molecule is Cc1ccc(C(Cl)Cc2ccc(Cl)c(Cl)c2)c(Cl)c1. The molecule has 4 heteroatoms. The van der Waals surface area contributed by atoms with Crippen LogP contribution in [-0.4, -0.2) is 0 Å². The van der Waals surface area contributed by atoms with Crippen molar-refractivity contribution in [1.29, 1.82) is 0 Å². The van der Waals surface area contributed by atoms with E-state index in [1.807, 2.05) is 37.3 Å². The van der Waals surface area contributed by atoms with Gasteiger partial charge in [-0.1, -0.05) is 53.0 Å². The highest BCUT2D eigenvalue weighted by Crippen LogP contribution is 2.32. The van der Waals surface area contributed by atoms with E-state index in [4.69, 9.17) is 46.4 Å². The van der Waals surface area contributed by atoms with Gasteiger partial charge in [0.25, 0.3) is 0 Å². The van der Waals surface area contributed by atoms with Gasteiger partial charge in [0.1, 0.15) is 0 Å². The molecular weight excluding hydrogens is 322 g/mol. The number of hydrogen-bond acceptors (Lipinski definition) is 0. The Hall–Kier alpha value is -0.400. The van der Waals surface area contributed by atoms with Crippen LogP contribution in [-0.2, 0) is 6.42 Å². The molecule has 0 saturated heterocycles. The number of alkyl halides is 1. The highest BCUT2D eigenvalue weighted by Gasteiger charge is 2.13. The maximum absolute atomic E-state index is 6.43. The van der Waals surface area contributed by atoms with Crippen LogP contribution in [0.2, 0.25) is 15.1 Å². The quantitative estimate of drug-likeness (QED) is 0.564. The molecule has 0 aliphatic rings. The van der Waals surface area contributed by atoms with E-state index in [1.165, 1.54) is 0 Å². The smallest absolute Gasteiger partial charge is 0.0640 e. The van der Waals surface area contributed by atoms with E-state index in [1.54, 1.807) is 6.07 Å². The van der Waals surface area contributed by atoms with Gasteiger partial charge in [0, 0.05) is 5.02 Å². The second kappa shape index (κ2) is 6.37. The second-order valence-electron chi connectivity index (χ2n) is 4.45. The Balaban J connectivity index is 2.20. The van der Waals surface area contributed by atoms with Crippen molar-refractivity contribution in [2.45, 2.75) is 18.7 Å². The third kappa shape index (κ3) is 3.79. The molecule has 0 nitrogen and oxygen atoms in total. The minimum atomic E-state index is -0.189. The first-order chi connectivity index (χ1) is 8.97. The summed E-state index contributed by atoms with van der Waals surface area (Å²) in [6, 6.07) is 11.4. The summed E-state index contributed by atoms with van der Waals surface area (Å²) in [4.78, 5) is 0. The summed E-state index contributed by atoms with van der Waals surface area (Å²) < 4.78 is 0. The van der Waals surface area contributed by atoms with Crippen molar-refractivity contribution < 1.29 is 0 Å². The predicted molar refractivity (Wildman–Crippen MR) is 84.9 cm³/mol. The van der Waals surface area contributed by atoms with E-state index in [9.17, 15) is 0 Å². The summed E-state index contributed by atoms with van der Waals surface area (Å²) in [7, 11) is 0. The van der Waals surface area contributed by atoms with Gasteiger partial charge in [-0.05, 0) is 48.2 Å².